The Hall–Kier alpha value is -2.48. The number of fused-ring (bicyclic) bond motifs is 2. The Labute approximate surface area is 154 Å². The van der Waals surface area contributed by atoms with Crippen LogP contribution >= 0.6 is 0 Å². The molecule has 1 N–H and O–H groups in total. The number of alkyl halides is 3. The fraction of sp³-hybridized carbons (Fsp3) is 0.421. The lowest BCUT2D eigenvalue weighted by Crippen LogP contribution is -2.39. The molecule has 2 aromatic rings. The van der Waals surface area contributed by atoms with Gasteiger partial charge in [-0.15, -0.1) is 0 Å². The lowest BCUT2D eigenvalue weighted by Gasteiger charge is -2.30. The number of nitrogens with zero attached hydrogens (tertiary/aromatic N) is 2. The molecule has 1 aromatic heterocycles. The van der Waals surface area contributed by atoms with Crippen LogP contribution in [0.1, 0.15) is 30.4 Å². The molecule has 5 atom stereocenters. The third-order valence-corrected chi connectivity index (χ3v) is 5.36. The minimum atomic E-state index is -4.46. The van der Waals surface area contributed by atoms with Gasteiger partial charge in [0.1, 0.15) is 6.33 Å². The first-order chi connectivity index (χ1) is 12.8. The van der Waals surface area contributed by atoms with Gasteiger partial charge < -0.3 is 10.1 Å². The van der Waals surface area contributed by atoms with E-state index in [4.69, 9.17) is 4.74 Å². The molecule has 2 fully saturated rings. The van der Waals surface area contributed by atoms with E-state index in [0.29, 0.717) is 0 Å². The van der Waals surface area contributed by atoms with Crippen LogP contribution in [-0.2, 0) is 15.7 Å². The van der Waals surface area contributed by atoms with E-state index in [9.17, 15) is 18.0 Å². The van der Waals surface area contributed by atoms with E-state index >= 15 is 0 Å². The number of nitrogens with one attached hydrogen (secondary N) is 1. The second-order valence-corrected chi connectivity index (χ2v) is 7.14. The molecular weight excluding hydrogens is 359 g/mol. The zero-order valence-corrected chi connectivity index (χ0v) is 14.5. The topological polar surface area (TPSA) is 64.1 Å². The van der Waals surface area contributed by atoms with Gasteiger partial charge in [0.15, 0.2) is 0 Å². The molecule has 2 saturated heterocycles. The summed E-state index contributed by atoms with van der Waals surface area (Å²) in [7, 11) is 0. The van der Waals surface area contributed by atoms with Crippen molar-refractivity contribution in [2.24, 2.45) is 11.8 Å². The molecule has 1 aromatic carbocycles. The van der Waals surface area contributed by atoms with Crippen LogP contribution in [0, 0.1) is 11.8 Å². The molecule has 4 rings (SSSR count). The van der Waals surface area contributed by atoms with Crippen LogP contribution in [0.3, 0.4) is 0 Å². The molecule has 0 radical (unpaired) electrons. The summed E-state index contributed by atoms with van der Waals surface area (Å²) in [6, 6.07) is 4.64. The number of benzene rings is 1. The van der Waals surface area contributed by atoms with Gasteiger partial charge in [-0.1, -0.05) is 13.0 Å². The Balaban J connectivity index is 1.60. The van der Waals surface area contributed by atoms with E-state index in [1.165, 1.54) is 18.5 Å². The summed E-state index contributed by atoms with van der Waals surface area (Å²) in [5.41, 5.74) is 0.125. The molecule has 2 aliphatic heterocycles. The maximum Gasteiger partial charge on any atom is 0.416 e. The average Bonchev–Trinajstić information content (AvgIpc) is 3.19. The lowest BCUT2D eigenvalue weighted by atomic mass is 9.72. The summed E-state index contributed by atoms with van der Waals surface area (Å²) in [6.45, 7) is 2.02. The van der Waals surface area contributed by atoms with Crippen molar-refractivity contribution in [3.05, 3.63) is 54.1 Å². The molecule has 5 nitrogen and oxygen atoms in total. The van der Waals surface area contributed by atoms with Gasteiger partial charge in [-0.25, -0.2) is 9.97 Å². The van der Waals surface area contributed by atoms with E-state index in [-0.39, 0.29) is 35.6 Å². The highest BCUT2D eigenvalue weighted by Crippen LogP contribution is 2.51. The van der Waals surface area contributed by atoms with Gasteiger partial charge in [-0.3, -0.25) is 4.79 Å². The Morgan fingerprint density at radius 3 is 2.70 bits per heavy atom. The molecule has 0 saturated carbocycles. The number of hydrogen-bond acceptors (Lipinski definition) is 4. The molecule has 8 heteroatoms. The number of anilines is 1. The summed E-state index contributed by atoms with van der Waals surface area (Å²) in [6.07, 6.45) is 0.720. The number of carbonyl (C=O) groups is 1. The summed E-state index contributed by atoms with van der Waals surface area (Å²) in [5, 5.41) is 2.64. The van der Waals surface area contributed by atoms with E-state index in [1.807, 2.05) is 6.92 Å². The molecule has 1 amide bonds. The second kappa shape index (κ2) is 6.60. The highest BCUT2D eigenvalue weighted by Gasteiger charge is 2.56. The summed E-state index contributed by atoms with van der Waals surface area (Å²) >= 11 is 0. The second-order valence-electron chi connectivity index (χ2n) is 7.14. The average molecular weight is 377 g/mol. The van der Waals surface area contributed by atoms with Crippen molar-refractivity contribution in [3.8, 4) is 0 Å². The normalized spacial score (nSPS) is 29.7. The van der Waals surface area contributed by atoms with Crippen LogP contribution in [-0.4, -0.2) is 28.1 Å². The van der Waals surface area contributed by atoms with Crippen molar-refractivity contribution < 1.29 is 22.7 Å². The van der Waals surface area contributed by atoms with Crippen molar-refractivity contribution in [2.75, 3.05) is 5.32 Å². The van der Waals surface area contributed by atoms with Crippen LogP contribution in [0.4, 0.5) is 18.9 Å². The van der Waals surface area contributed by atoms with Gasteiger partial charge in [0.05, 0.1) is 23.7 Å². The zero-order chi connectivity index (χ0) is 19.2. The summed E-state index contributed by atoms with van der Waals surface area (Å²) in [4.78, 5) is 21.0. The van der Waals surface area contributed by atoms with Gasteiger partial charge in [0, 0.05) is 24.0 Å². The fourth-order valence-electron chi connectivity index (χ4n) is 4.21. The lowest BCUT2D eigenvalue weighted by molar-refractivity contribution is -0.137. The van der Waals surface area contributed by atoms with Crippen molar-refractivity contribution >= 4 is 11.6 Å². The van der Waals surface area contributed by atoms with Gasteiger partial charge in [-0.05, 0) is 36.1 Å². The van der Waals surface area contributed by atoms with Crippen LogP contribution < -0.4 is 5.32 Å². The minimum absolute atomic E-state index is 0.117. The Bertz CT molecular complexity index is 844. The molecule has 0 unspecified atom stereocenters. The first kappa shape index (κ1) is 17.9. The number of rotatable bonds is 3. The molecule has 2 bridgehead atoms. The van der Waals surface area contributed by atoms with Gasteiger partial charge >= 0.3 is 6.18 Å². The fourth-order valence-corrected chi connectivity index (χ4v) is 4.21. The molecule has 0 spiro atoms. The van der Waals surface area contributed by atoms with E-state index in [2.05, 4.69) is 15.3 Å². The molecular formula is C19H18F3N3O2. The minimum Gasteiger partial charge on any atom is -0.373 e. The number of ether oxygens (including phenoxy) is 1. The quantitative estimate of drug-likeness (QED) is 0.887. The third-order valence-electron chi connectivity index (χ3n) is 5.36. The van der Waals surface area contributed by atoms with Crippen LogP contribution in [0.2, 0.25) is 0 Å². The number of amides is 1. The summed E-state index contributed by atoms with van der Waals surface area (Å²) in [5.74, 6) is -0.854. The van der Waals surface area contributed by atoms with Crippen molar-refractivity contribution in [1.29, 1.82) is 0 Å². The van der Waals surface area contributed by atoms with E-state index in [1.54, 1.807) is 12.4 Å². The van der Waals surface area contributed by atoms with Crippen LogP contribution in [0.15, 0.2) is 43.0 Å². The smallest absolute Gasteiger partial charge is 0.373 e. The number of aromatic nitrogens is 2. The van der Waals surface area contributed by atoms with Gasteiger partial charge in [0.25, 0.3) is 0 Å². The number of hydrogen-bond donors (Lipinski definition) is 1. The monoisotopic (exact) mass is 377 g/mol. The predicted molar refractivity (Wildman–Crippen MR) is 90.8 cm³/mol. The third kappa shape index (κ3) is 3.29. The number of carbonyl (C=O) groups excluding carboxylic acids is 1. The zero-order valence-electron chi connectivity index (χ0n) is 14.5. The Kier molecular flexibility index (Phi) is 4.38. The van der Waals surface area contributed by atoms with Crippen molar-refractivity contribution in [2.45, 2.75) is 37.6 Å². The van der Waals surface area contributed by atoms with Crippen LogP contribution in [0.25, 0.3) is 0 Å². The van der Waals surface area contributed by atoms with Crippen molar-refractivity contribution in [3.63, 3.8) is 0 Å². The Morgan fingerprint density at radius 2 is 2.00 bits per heavy atom. The standard InChI is InChI=1S/C19H18F3N3O2/c1-10-5-14-15(11-7-23-9-24-8-11)16(17(10)27-14)18(26)25-13-4-2-3-12(6-13)19(20,21)22/h2-4,6-10,14-17H,5H2,1H3,(H,25,26)/t10-,14+,15-,16-,17+/m0/s1. The maximum absolute atomic E-state index is 13.0. The van der Waals surface area contributed by atoms with E-state index < -0.39 is 17.7 Å². The first-order valence-electron chi connectivity index (χ1n) is 8.73. The molecule has 27 heavy (non-hydrogen) atoms. The highest BCUT2D eigenvalue weighted by molar-refractivity contribution is 5.94. The van der Waals surface area contributed by atoms with Gasteiger partial charge in [-0.2, -0.15) is 13.2 Å². The van der Waals surface area contributed by atoms with E-state index in [0.717, 1.165) is 24.1 Å². The van der Waals surface area contributed by atoms with Crippen LogP contribution in [0.5, 0.6) is 0 Å². The van der Waals surface area contributed by atoms with Crippen molar-refractivity contribution in [1.82, 2.24) is 9.97 Å². The first-order valence-corrected chi connectivity index (χ1v) is 8.73. The number of halogens is 3. The summed E-state index contributed by atoms with van der Waals surface area (Å²) < 4.78 is 44.8. The highest BCUT2D eigenvalue weighted by atomic mass is 19.4. The van der Waals surface area contributed by atoms with Gasteiger partial charge in [0.2, 0.25) is 5.91 Å². The predicted octanol–water partition coefficient (Wildman–Crippen LogP) is 3.64. The largest absolute Gasteiger partial charge is 0.416 e. The molecule has 2 aliphatic rings. The molecule has 3 heterocycles. The SMILES string of the molecule is C[C@H]1C[C@H]2O[C@H]1[C@@H](C(=O)Nc1cccc(C(F)(F)F)c1)[C@H]2c1cncnc1. The molecule has 142 valence electrons. The maximum atomic E-state index is 13.0. The Morgan fingerprint density at radius 1 is 1.26 bits per heavy atom. The molecule has 0 aliphatic carbocycles.